The first-order valence-corrected chi connectivity index (χ1v) is 12.4. The third-order valence-electron chi connectivity index (χ3n) is 6.96. The van der Waals surface area contributed by atoms with Crippen molar-refractivity contribution in [2.45, 2.75) is 25.6 Å². The minimum absolute atomic E-state index is 0.296. The first kappa shape index (κ1) is 25.0. The minimum atomic E-state index is -4.52. The molecule has 2 aromatic heterocycles. The number of benzene rings is 2. The number of piperidine rings is 1. The number of hydrogen-bond donors (Lipinski definition) is 1. The maximum atomic E-state index is 13.4. The Hall–Kier alpha value is -3.65. The van der Waals surface area contributed by atoms with E-state index < -0.39 is 11.9 Å². The zero-order valence-corrected chi connectivity index (χ0v) is 20.6. The molecule has 5 rings (SSSR count). The molecule has 37 heavy (non-hydrogen) atoms. The van der Waals surface area contributed by atoms with Crippen molar-refractivity contribution < 1.29 is 17.9 Å². The van der Waals surface area contributed by atoms with Crippen LogP contribution in [0.3, 0.4) is 0 Å². The quantitative estimate of drug-likeness (QED) is 0.304. The lowest BCUT2D eigenvalue weighted by molar-refractivity contribution is -0.140. The molecule has 0 aliphatic carbocycles. The highest BCUT2D eigenvalue weighted by atomic mass is 19.4. The van der Waals surface area contributed by atoms with Crippen LogP contribution in [0, 0.1) is 5.92 Å². The van der Waals surface area contributed by atoms with Gasteiger partial charge in [-0.3, -0.25) is 4.90 Å². The van der Waals surface area contributed by atoms with Crippen LogP contribution in [0.5, 0.6) is 5.75 Å². The van der Waals surface area contributed by atoms with Crippen LogP contribution in [0.2, 0.25) is 0 Å². The lowest BCUT2D eigenvalue weighted by Crippen LogP contribution is -2.35. The topological polar surface area (TPSA) is 50.3 Å². The molecule has 5 nitrogen and oxygen atoms in total. The summed E-state index contributed by atoms with van der Waals surface area (Å²) in [4.78, 5) is 11.0. The Labute approximate surface area is 214 Å². The molecule has 4 aromatic rings. The summed E-state index contributed by atoms with van der Waals surface area (Å²) < 4.78 is 45.8. The molecule has 192 valence electrons. The molecule has 0 spiro atoms. The Morgan fingerprint density at radius 3 is 2.43 bits per heavy atom. The number of alkyl halides is 3. The first-order valence-electron chi connectivity index (χ1n) is 12.4. The van der Waals surface area contributed by atoms with E-state index in [1.807, 2.05) is 48.5 Å². The number of ether oxygens (including phenoxy) is 1. The second kappa shape index (κ2) is 10.8. The van der Waals surface area contributed by atoms with Crippen LogP contribution in [0.1, 0.15) is 24.1 Å². The van der Waals surface area contributed by atoms with Gasteiger partial charge in [0.15, 0.2) is 0 Å². The molecule has 2 aromatic carbocycles. The monoisotopic (exact) mass is 506 g/mol. The number of pyridine rings is 2. The molecule has 1 saturated heterocycles. The number of halogens is 3. The molecule has 3 heterocycles. The van der Waals surface area contributed by atoms with Gasteiger partial charge in [-0.05, 0) is 55.6 Å². The molecule has 8 heteroatoms. The van der Waals surface area contributed by atoms with E-state index in [0.717, 1.165) is 49.9 Å². The van der Waals surface area contributed by atoms with Gasteiger partial charge in [0.25, 0.3) is 0 Å². The largest absolute Gasteiger partial charge is 0.496 e. The van der Waals surface area contributed by atoms with Gasteiger partial charge in [-0.1, -0.05) is 48.5 Å². The van der Waals surface area contributed by atoms with Gasteiger partial charge in [0.05, 0.1) is 12.6 Å². The molecule has 1 aliphatic rings. The summed E-state index contributed by atoms with van der Waals surface area (Å²) in [5.74, 6) is 1.92. The first-order chi connectivity index (χ1) is 17.9. The number of fused-ring (bicyclic) bond motifs is 1. The highest BCUT2D eigenvalue weighted by Gasteiger charge is 2.33. The van der Waals surface area contributed by atoms with Gasteiger partial charge in [0.2, 0.25) is 0 Å². The number of nitrogens with zero attached hydrogens (tertiary/aromatic N) is 3. The van der Waals surface area contributed by atoms with Crippen molar-refractivity contribution in [2.75, 3.05) is 32.1 Å². The number of nitrogens with one attached hydrogen (secondary N) is 1. The summed E-state index contributed by atoms with van der Waals surface area (Å²) in [6, 6.07) is 19.9. The fraction of sp³-hybridized carbons (Fsp3) is 0.310. The van der Waals surface area contributed by atoms with Gasteiger partial charge >= 0.3 is 6.18 Å². The van der Waals surface area contributed by atoms with Gasteiger partial charge < -0.3 is 10.1 Å². The van der Waals surface area contributed by atoms with E-state index in [0.29, 0.717) is 34.7 Å². The van der Waals surface area contributed by atoms with Crippen molar-refractivity contribution in [3.05, 3.63) is 84.2 Å². The number of hydrogen-bond acceptors (Lipinski definition) is 5. The predicted octanol–water partition coefficient (Wildman–Crippen LogP) is 6.65. The summed E-state index contributed by atoms with van der Waals surface area (Å²) in [5.41, 5.74) is 1.93. The Balaban J connectivity index is 1.30. The van der Waals surface area contributed by atoms with Gasteiger partial charge in [0.1, 0.15) is 17.3 Å². The van der Waals surface area contributed by atoms with Crippen LogP contribution in [-0.2, 0) is 12.7 Å². The Bertz CT molecular complexity index is 1350. The van der Waals surface area contributed by atoms with Crippen LogP contribution in [0.15, 0.2) is 72.9 Å². The maximum absolute atomic E-state index is 13.4. The van der Waals surface area contributed by atoms with E-state index in [-0.39, 0.29) is 0 Å². The highest BCUT2D eigenvalue weighted by Crippen LogP contribution is 2.35. The van der Waals surface area contributed by atoms with E-state index in [2.05, 4.69) is 26.3 Å². The lowest BCUT2D eigenvalue weighted by atomic mass is 9.96. The van der Waals surface area contributed by atoms with Crippen LogP contribution >= 0.6 is 0 Å². The lowest BCUT2D eigenvalue weighted by Gasteiger charge is -2.32. The molecular weight excluding hydrogens is 477 g/mol. The minimum Gasteiger partial charge on any atom is -0.496 e. The third-order valence-corrected chi connectivity index (χ3v) is 6.96. The second-order valence-electron chi connectivity index (χ2n) is 9.39. The molecule has 1 N–H and O–H groups in total. The molecule has 0 saturated carbocycles. The molecular formula is C29H29F3N4O. The second-order valence-corrected chi connectivity index (χ2v) is 9.39. The van der Waals surface area contributed by atoms with Crippen LogP contribution in [-0.4, -0.2) is 41.6 Å². The average Bonchev–Trinajstić information content (AvgIpc) is 2.92. The van der Waals surface area contributed by atoms with E-state index in [4.69, 9.17) is 4.74 Å². The van der Waals surface area contributed by atoms with Gasteiger partial charge in [0, 0.05) is 35.8 Å². The van der Waals surface area contributed by atoms with Crippen LogP contribution < -0.4 is 10.1 Å². The van der Waals surface area contributed by atoms with Crippen molar-refractivity contribution in [3.8, 4) is 16.9 Å². The van der Waals surface area contributed by atoms with E-state index in [1.54, 1.807) is 13.3 Å². The van der Waals surface area contributed by atoms with Crippen LogP contribution in [0.25, 0.3) is 22.0 Å². The average molecular weight is 507 g/mol. The standard InChI is InChI=1S/C29H29F3N4O/c1-37-25-10-6-5-9-22(25)19-36-15-13-20(14-16-36)17-33-28-23-11-12-26(29(30,31)32)35-27(23)24(18-34-28)21-7-3-2-4-8-21/h2-12,18,20H,13-17,19H2,1H3,(H,33,34). The smallest absolute Gasteiger partial charge is 0.433 e. The number of para-hydroxylation sites is 1. The molecule has 1 aliphatic heterocycles. The van der Waals surface area contributed by atoms with Gasteiger partial charge in [-0.25, -0.2) is 9.97 Å². The van der Waals surface area contributed by atoms with Crippen molar-refractivity contribution in [1.29, 1.82) is 0 Å². The summed E-state index contributed by atoms with van der Waals surface area (Å²) >= 11 is 0. The number of likely N-dealkylation sites (tertiary alicyclic amines) is 1. The van der Waals surface area contributed by atoms with E-state index in [1.165, 1.54) is 11.6 Å². The summed E-state index contributed by atoms with van der Waals surface area (Å²) in [5, 5.41) is 3.99. The number of rotatable bonds is 7. The zero-order chi connectivity index (χ0) is 25.8. The molecule has 0 radical (unpaired) electrons. The van der Waals surface area contributed by atoms with Crippen molar-refractivity contribution in [3.63, 3.8) is 0 Å². The van der Waals surface area contributed by atoms with Crippen molar-refractivity contribution in [2.24, 2.45) is 5.92 Å². The Morgan fingerprint density at radius 1 is 0.973 bits per heavy atom. The predicted molar refractivity (Wildman–Crippen MR) is 139 cm³/mol. The van der Waals surface area contributed by atoms with E-state index in [9.17, 15) is 13.2 Å². The number of anilines is 1. The number of methoxy groups -OCH3 is 1. The van der Waals surface area contributed by atoms with Crippen molar-refractivity contribution >= 4 is 16.7 Å². The fourth-order valence-corrected chi connectivity index (χ4v) is 4.91. The third kappa shape index (κ3) is 5.69. The fourth-order valence-electron chi connectivity index (χ4n) is 4.91. The van der Waals surface area contributed by atoms with E-state index >= 15 is 0 Å². The van der Waals surface area contributed by atoms with Gasteiger partial charge in [-0.15, -0.1) is 0 Å². The maximum Gasteiger partial charge on any atom is 0.433 e. The normalized spacial score (nSPS) is 15.1. The molecule has 0 amide bonds. The van der Waals surface area contributed by atoms with Gasteiger partial charge in [-0.2, -0.15) is 13.2 Å². The SMILES string of the molecule is COc1ccccc1CN1CCC(CNc2ncc(-c3ccccc3)c3nc(C(F)(F)F)ccc23)CC1. The van der Waals surface area contributed by atoms with Crippen LogP contribution in [0.4, 0.5) is 19.0 Å². The summed E-state index contributed by atoms with van der Waals surface area (Å²) in [6.07, 6.45) is -0.850. The molecule has 1 fully saturated rings. The molecule has 0 atom stereocenters. The Kier molecular flexibility index (Phi) is 7.28. The summed E-state index contributed by atoms with van der Waals surface area (Å²) in [6.45, 7) is 3.50. The zero-order valence-electron chi connectivity index (χ0n) is 20.6. The number of aromatic nitrogens is 2. The Morgan fingerprint density at radius 2 is 1.70 bits per heavy atom. The van der Waals surface area contributed by atoms with Crippen molar-refractivity contribution in [1.82, 2.24) is 14.9 Å². The highest BCUT2D eigenvalue weighted by molar-refractivity contribution is 5.99. The summed E-state index contributed by atoms with van der Waals surface area (Å²) in [7, 11) is 1.69. The molecule has 0 bridgehead atoms. The molecule has 0 unspecified atom stereocenters.